The number of ether oxygens (including phenoxy) is 6. The molecule has 0 unspecified atom stereocenters. The fourth-order valence-corrected chi connectivity index (χ4v) is 8.75. The SMILES string of the molecule is O=C(O)/C=C/C(=O)O.[2H]C([2H])([2H])C(CNC(=O)[C@@H](C[C@H](O)[C@@H](N)C[C@H](Cc1ccc(OC)c(OCCCOC)c1)C(C)C)C(C)C)(C(N)=O)C([2H])([2H])[2H].[2H]C([2H])([2H])C(CNC(=O)[C@@H](C[C@H](O)[C@@H](N)C[C@H](Cc1ccc(OC)c(OCCCOC)c1)C(C)C)C(C)C)(C(N)=O)C([2H])([2H])[2H]. The van der Waals surface area contributed by atoms with Crippen molar-refractivity contribution in [3.8, 4) is 23.0 Å². The quantitative estimate of drug-likeness (QED) is 0.0258. The summed E-state index contributed by atoms with van der Waals surface area (Å²) in [6.07, 6.45) is 2.49. The van der Waals surface area contributed by atoms with E-state index in [0.717, 1.165) is 24.0 Å². The van der Waals surface area contributed by atoms with Gasteiger partial charge in [-0.2, -0.15) is 0 Å². The van der Waals surface area contributed by atoms with Gasteiger partial charge < -0.3 is 82.4 Å². The fraction of sp³-hybridized carbons (Fsp3) is 0.688. The van der Waals surface area contributed by atoms with E-state index in [4.69, 9.17) is 78.0 Å². The highest BCUT2D eigenvalue weighted by molar-refractivity contribution is 5.89. The number of aliphatic hydroxyl groups is 2. The second-order valence-corrected chi connectivity index (χ2v) is 22.9. The first-order valence-corrected chi connectivity index (χ1v) is 28.8. The molecule has 0 saturated heterocycles. The van der Waals surface area contributed by atoms with Crippen LogP contribution >= 0.6 is 0 Å². The van der Waals surface area contributed by atoms with Gasteiger partial charge in [0.25, 0.3) is 0 Å². The van der Waals surface area contributed by atoms with Crippen LogP contribution in [0, 0.1) is 58.2 Å². The highest BCUT2D eigenvalue weighted by Gasteiger charge is 2.34. The largest absolute Gasteiger partial charge is 0.493 e. The van der Waals surface area contributed by atoms with Crippen molar-refractivity contribution in [1.29, 1.82) is 0 Å². The predicted molar refractivity (Wildman–Crippen MR) is 333 cm³/mol. The number of carbonyl (C=O) groups is 6. The number of nitrogens with two attached hydrogens (primary N) is 4. The first kappa shape index (κ1) is 60.3. The molecule has 492 valence electrons. The third-order valence-electron chi connectivity index (χ3n) is 14.5. The average molecular weight is 1230 g/mol. The molecule has 0 aliphatic carbocycles. The molecule has 0 saturated carbocycles. The lowest BCUT2D eigenvalue weighted by Crippen LogP contribution is -2.46. The third kappa shape index (κ3) is 31.6. The zero-order valence-corrected chi connectivity index (χ0v) is 52.4. The van der Waals surface area contributed by atoms with Crippen molar-refractivity contribution in [2.24, 2.45) is 81.1 Å². The van der Waals surface area contributed by atoms with E-state index >= 15 is 0 Å². The summed E-state index contributed by atoms with van der Waals surface area (Å²) >= 11 is 0. The molecule has 0 bridgehead atoms. The van der Waals surface area contributed by atoms with Gasteiger partial charge >= 0.3 is 11.9 Å². The average Bonchev–Trinajstić information content (AvgIpc) is 0.755. The second-order valence-electron chi connectivity index (χ2n) is 22.9. The summed E-state index contributed by atoms with van der Waals surface area (Å²) in [5.41, 5.74) is 19.6. The van der Waals surface area contributed by atoms with E-state index in [-0.39, 0.29) is 48.3 Å². The van der Waals surface area contributed by atoms with E-state index in [1.165, 1.54) is 0 Å². The van der Waals surface area contributed by atoms with Crippen LogP contribution in [0.5, 0.6) is 23.0 Å². The summed E-state index contributed by atoms with van der Waals surface area (Å²) in [7, 11) is 6.42. The lowest BCUT2D eigenvalue weighted by molar-refractivity contribution is -0.134. The fourth-order valence-electron chi connectivity index (χ4n) is 8.75. The Morgan fingerprint density at radius 2 is 0.872 bits per heavy atom. The molecule has 0 fully saturated rings. The predicted octanol–water partition coefficient (Wildman–Crippen LogP) is 6.30. The Balaban J connectivity index is 0.00000172. The van der Waals surface area contributed by atoms with Gasteiger partial charge in [0.2, 0.25) is 23.6 Å². The molecule has 0 radical (unpaired) electrons. The van der Waals surface area contributed by atoms with Crippen molar-refractivity contribution >= 4 is 35.6 Å². The minimum atomic E-state index is -3.31. The van der Waals surface area contributed by atoms with Crippen molar-refractivity contribution in [2.45, 2.75) is 158 Å². The smallest absolute Gasteiger partial charge is 0.328 e. The van der Waals surface area contributed by atoms with E-state index in [0.29, 0.717) is 87.3 Å². The van der Waals surface area contributed by atoms with Gasteiger partial charge in [-0.15, -0.1) is 0 Å². The number of methoxy groups -OCH3 is 4. The normalized spacial score (nSPS) is 17.2. The van der Waals surface area contributed by atoms with Gasteiger partial charge in [-0.25, -0.2) is 9.59 Å². The van der Waals surface area contributed by atoms with E-state index in [1.54, 1.807) is 56.1 Å². The summed E-state index contributed by atoms with van der Waals surface area (Å²) in [6, 6.07) is 10.1. The molecule has 0 aliphatic heterocycles. The van der Waals surface area contributed by atoms with Gasteiger partial charge in [0.1, 0.15) is 0 Å². The first-order chi connectivity index (χ1) is 45.1. The summed E-state index contributed by atoms with van der Waals surface area (Å²) < 4.78 is 126. The number of benzene rings is 2. The van der Waals surface area contributed by atoms with Crippen LogP contribution in [-0.4, -0.2) is 148 Å². The molecule has 86 heavy (non-hydrogen) atoms. The minimum Gasteiger partial charge on any atom is -0.493 e. The summed E-state index contributed by atoms with van der Waals surface area (Å²) in [6.45, 7) is 2.12. The lowest BCUT2D eigenvalue weighted by atomic mass is 9.80. The van der Waals surface area contributed by atoms with Crippen molar-refractivity contribution in [2.75, 3.05) is 68.0 Å². The van der Waals surface area contributed by atoms with Crippen LogP contribution in [0.2, 0.25) is 0 Å². The number of hydrogen-bond acceptors (Lipinski definition) is 16. The maximum absolute atomic E-state index is 13.2. The van der Waals surface area contributed by atoms with Gasteiger partial charge in [-0.05, 0) is 137 Å². The number of hydrogen-bond donors (Lipinski definition) is 10. The highest BCUT2D eigenvalue weighted by Crippen LogP contribution is 2.34. The lowest BCUT2D eigenvalue weighted by Gasteiger charge is -2.30. The Kier molecular flexibility index (Phi) is 28.8. The Labute approximate surface area is 529 Å². The summed E-state index contributed by atoms with van der Waals surface area (Å²) in [5, 5.41) is 42.5. The Morgan fingerprint density at radius 3 is 1.13 bits per heavy atom. The van der Waals surface area contributed by atoms with Crippen LogP contribution in [0.15, 0.2) is 48.6 Å². The Hall–Kier alpha value is -6.04. The molecule has 8 atom stereocenters. The monoisotopic (exact) mass is 1230 g/mol. The molecule has 0 heterocycles. The maximum atomic E-state index is 13.2. The van der Waals surface area contributed by atoms with E-state index < -0.39 is 123 Å². The molecule has 2 rings (SSSR count). The summed E-state index contributed by atoms with van der Waals surface area (Å²) in [4.78, 5) is 69.9. The molecule has 4 amide bonds. The van der Waals surface area contributed by atoms with Crippen LogP contribution in [0.4, 0.5) is 0 Å². The number of carboxylic acids is 2. The number of primary amides is 2. The zero-order valence-electron chi connectivity index (χ0n) is 64.4. The Morgan fingerprint density at radius 1 is 0.535 bits per heavy atom. The van der Waals surface area contributed by atoms with Crippen molar-refractivity contribution in [3.05, 3.63) is 59.7 Å². The van der Waals surface area contributed by atoms with Crippen molar-refractivity contribution in [1.82, 2.24) is 10.6 Å². The number of carboxylic acid groups (broad SMARTS) is 2. The van der Waals surface area contributed by atoms with E-state index in [2.05, 4.69) is 38.3 Å². The minimum absolute atomic E-state index is 0.0530. The molecule has 22 heteroatoms. The molecular formula is C64H110N6O16. The molecule has 0 spiro atoms. The van der Waals surface area contributed by atoms with Gasteiger partial charge in [0, 0.05) is 106 Å². The molecule has 0 aromatic heterocycles. The molecule has 22 nitrogen and oxygen atoms in total. The maximum Gasteiger partial charge on any atom is 0.328 e. The molecular weight excluding hydrogens is 1110 g/mol. The Bertz CT molecular complexity index is 2590. The van der Waals surface area contributed by atoms with E-state index in [9.17, 15) is 39.0 Å². The van der Waals surface area contributed by atoms with Crippen molar-refractivity contribution < 1.29 is 94.1 Å². The number of aliphatic carboxylic acids is 2. The van der Waals surface area contributed by atoms with Crippen LogP contribution in [0.1, 0.15) is 149 Å². The van der Waals surface area contributed by atoms with Crippen LogP contribution in [-0.2, 0) is 51.1 Å². The standard InChI is InChI=1S/2C30H53N3O6.C4H4O4/c2*1-19(2)22(14-21-10-11-26(38-8)27(15-21)39-13-9-12-37-7)16-24(31)25(34)17-23(20(3)4)28(35)33-18-30(5,6)29(32)36;5-3(6)1-2-4(7)8/h2*10-11,15,19-20,22-25,34H,9,12-14,16-18,31H2,1-8H3,(H2,32,36)(H,33,35);1-2H,(H,5,6)(H,7,8)/b;;2-1+/t2*22-,23-,24-,25-;/m00./s1/i2*5D3,6D3;. The number of amides is 4. The van der Waals surface area contributed by atoms with Crippen molar-refractivity contribution in [3.63, 3.8) is 0 Å². The van der Waals surface area contributed by atoms with Gasteiger partial charge in [0.05, 0.1) is 50.5 Å². The van der Waals surface area contributed by atoms with Crippen LogP contribution < -0.4 is 52.5 Å². The molecule has 2 aromatic carbocycles. The molecule has 2 aromatic rings. The van der Waals surface area contributed by atoms with E-state index in [1.807, 2.05) is 36.4 Å². The summed E-state index contributed by atoms with van der Waals surface area (Å²) in [5.74, 6) is -6.32. The number of aliphatic hydroxyl groups excluding tert-OH is 2. The van der Waals surface area contributed by atoms with Gasteiger partial charge in [0.15, 0.2) is 23.0 Å². The van der Waals surface area contributed by atoms with Gasteiger partial charge in [-0.1, -0.05) is 67.5 Å². The van der Waals surface area contributed by atoms with Gasteiger partial charge in [-0.3, -0.25) is 19.2 Å². The van der Waals surface area contributed by atoms with Crippen LogP contribution in [0.25, 0.3) is 0 Å². The highest BCUT2D eigenvalue weighted by atomic mass is 16.5. The first-order valence-electron chi connectivity index (χ1n) is 34.8. The number of rotatable bonds is 40. The van der Waals surface area contributed by atoms with Crippen LogP contribution in [0.3, 0.4) is 0 Å². The topological polar surface area (TPSA) is 367 Å². The molecule has 14 N–H and O–H groups in total. The zero-order chi connectivity index (χ0) is 76.1. The number of nitrogens with one attached hydrogen (secondary N) is 2. The molecule has 0 aliphatic rings. The number of carbonyl (C=O) groups excluding carboxylic acids is 4. The third-order valence-corrected chi connectivity index (χ3v) is 14.5. The second kappa shape index (κ2) is 41.2.